The smallest absolute Gasteiger partial charge is 0.376 e. The van der Waals surface area contributed by atoms with Gasteiger partial charge in [-0.15, -0.1) is 0 Å². The van der Waals surface area contributed by atoms with E-state index in [4.69, 9.17) is 9.31 Å². The number of hydrogen-bond acceptors (Lipinski definition) is 13. The van der Waals surface area contributed by atoms with E-state index in [-0.39, 0.29) is 0 Å². The molecule has 0 aromatic heterocycles. The molecule has 13 nitrogen and oxygen atoms in total. The molecule has 3 aliphatic rings. The maximum absolute atomic E-state index is 13.6. The molecule has 0 aliphatic carbocycles. The molecule has 3 fully saturated rings. The first kappa shape index (κ1) is 22.1. The Bertz CT molecular complexity index is 790. The van der Waals surface area contributed by atoms with Gasteiger partial charge in [-0.1, -0.05) is 0 Å². The Morgan fingerprint density at radius 3 is 1.46 bits per heavy atom. The number of alkyl halides is 3. The molecule has 0 bridgehead atoms. The number of rotatable bonds is 6. The van der Waals surface area contributed by atoms with Crippen LogP contribution in [0, 0.1) is 0 Å². The molecule has 0 aromatic carbocycles. The molecule has 0 saturated carbocycles. The largest absolute Gasteiger partial charge is 0.642 e. The molecular weight excluding hydrogens is 468 g/mol. The predicted molar refractivity (Wildman–Crippen MR) is 75.9 cm³/mol. The van der Waals surface area contributed by atoms with Crippen molar-refractivity contribution in [2.45, 2.75) is 37.6 Å². The third kappa shape index (κ3) is 5.31. The number of halogens is 3. The summed E-state index contributed by atoms with van der Waals surface area (Å²) >= 11 is 0. The van der Waals surface area contributed by atoms with Crippen molar-refractivity contribution in [3.63, 3.8) is 0 Å². The van der Waals surface area contributed by atoms with Crippen molar-refractivity contribution < 1.29 is 69.1 Å². The molecule has 6 atom stereocenters. The van der Waals surface area contributed by atoms with E-state index < -0.39 is 87.0 Å². The zero-order chi connectivity index (χ0) is 20.9. The topological polar surface area (TPSA) is 167 Å². The van der Waals surface area contributed by atoms with Crippen molar-refractivity contribution >= 4 is 38.0 Å². The summed E-state index contributed by atoms with van der Waals surface area (Å²) in [6, 6.07) is 0. The fourth-order valence-electron chi connectivity index (χ4n) is 2.15. The van der Waals surface area contributed by atoms with Gasteiger partial charge in [0.15, 0.2) is 0 Å². The second kappa shape index (κ2) is 7.59. The van der Waals surface area contributed by atoms with Crippen LogP contribution in [0.5, 0.6) is 0 Å². The average molecular weight is 478 g/mol. The van der Waals surface area contributed by atoms with Crippen molar-refractivity contribution in [1.82, 2.24) is 0 Å². The van der Waals surface area contributed by atoms with Gasteiger partial charge in [-0.25, -0.2) is 29.9 Å². The van der Waals surface area contributed by atoms with E-state index in [1.54, 1.807) is 0 Å². The second-order valence-electron chi connectivity index (χ2n) is 5.44. The molecule has 3 heterocycles. The van der Waals surface area contributed by atoms with E-state index in [0.29, 0.717) is 0 Å². The molecule has 0 spiro atoms. The minimum Gasteiger partial charge on any atom is -0.376 e. The molecule has 0 aromatic rings. The molecular formula is C8H10BF3O13S3. The molecule has 0 amide bonds. The number of hydrogen-bond donors (Lipinski definition) is 0. The van der Waals surface area contributed by atoms with E-state index in [0.717, 1.165) is 0 Å². The van der Waals surface area contributed by atoms with Gasteiger partial charge in [0.25, 0.3) is 26.6 Å². The van der Waals surface area contributed by atoms with E-state index in [9.17, 15) is 38.4 Å². The van der Waals surface area contributed by atoms with Gasteiger partial charge in [0.2, 0.25) is 19.0 Å². The summed E-state index contributed by atoms with van der Waals surface area (Å²) in [5.41, 5.74) is 0. The lowest BCUT2D eigenvalue weighted by molar-refractivity contribution is -0.125. The Labute approximate surface area is 156 Å². The molecule has 20 heteroatoms. The van der Waals surface area contributed by atoms with Crippen LogP contribution in [0.15, 0.2) is 0 Å². The lowest BCUT2D eigenvalue weighted by Crippen LogP contribution is -2.44. The third-order valence-corrected chi connectivity index (χ3v) is 6.52. The Morgan fingerprint density at radius 2 is 1.14 bits per heavy atom. The van der Waals surface area contributed by atoms with Crippen LogP contribution < -0.4 is 0 Å². The van der Waals surface area contributed by atoms with Crippen molar-refractivity contribution in [3.05, 3.63) is 0 Å². The van der Waals surface area contributed by atoms with Crippen LogP contribution >= 0.6 is 0 Å². The van der Waals surface area contributed by atoms with Gasteiger partial charge in [0, 0.05) is 0 Å². The molecule has 6 unspecified atom stereocenters. The summed E-state index contributed by atoms with van der Waals surface area (Å²) in [6.07, 6.45) is -14.1. The highest BCUT2D eigenvalue weighted by molar-refractivity contribution is 7.87. The molecule has 28 heavy (non-hydrogen) atoms. The van der Waals surface area contributed by atoms with Gasteiger partial charge in [0.05, 0.1) is 0 Å². The Balaban J connectivity index is 1.74. The molecule has 3 aliphatic heterocycles. The van der Waals surface area contributed by atoms with Crippen molar-refractivity contribution in [3.8, 4) is 0 Å². The van der Waals surface area contributed by atoms with Gasteiger partial charge in [-0.05, 0) is 0 Å². The average Bonchev–Trinajstić information content (AvgIpc) is 3.00. The summed E-state index contributed by atoms with van der Waals surface area (Å²) in [6.45, 7) is 0. The Hall–Kier alpha value is -0.575. The maximum atomic E-state index is 13.6. The maximum Gasteiger partial charge on any atom is 0.642 e. The van der Waals surface area contributed by atoms with Gasteiger partial charge >= 0.3 is 17.7 Å². The molecule has 162 valence electrons. The highest BCUT2D eigenvalue weighted by Crippen LogP contribution is 2.28. The highest BCUT2D eigenvalue weighted by Gasteiger charge is 2.51. The quantitative estimate of drug-likeness (QED) is 0.304. The van der Waals surface area contributed by atoms with E-state index in [1.165, 1.54) is 0 Å². The molecule has 0 radical (unpaired) electrons. The van der Waals surface area contributed by atoms with Crippen molar-refractivity contribution in [2.24, 2.45) is 0 Å². The zero-order valence-electron chi connectivity index (χ0n) is 13.1. The monoisotopic (exact) mass is 478 g/mol. The van der Waals surface area contributed by atoms with E-state index >= 15 is 0 Å². The first-order valence-electron chi connectivity index (χ1n) is 7.07. The van der Waals surface area contributed by atoms with Gasteiger partial charge in [-0.2, -0.15) is 25.3 Å². The van der Waals surface area contributed by atoms with Gasteiger partial charge in [0.1, 0.15) is 23.7 Å². The first-order valence-corrected chi connectivity index (χ1v) is 11.6. The predicted octanol–water partition coefficient (Wildman–Crippen LogP) is -2.02. The van der Waals surface area contributed by atoms with Crippen molar-refractivity contribution in [1.29, 1.82) is 0 Å². The van der Waals surface area contributed by atoms with Gasteiger partial charge < -0.3 is 14.0 Å². The zero-order valence-corrected chi connectivity index (χ0v) is 15.6. The highest BCUT2D eigenvalue weighted by atomic mass is 32.3. The van der Waals surface area contributed by atoms with Crippen LogP contribution in [0.1, 0.15) is 0 Å². The summed E-state index contributed by atoms with van der Waals surface area (Å²) in [5, 5.41) is 0. The summed E-state index contributed by atoms with van der Waals surface area (Å²) in [7, 11) is -15.9. The normalized spacial score (nSPS) is 41.2. The van der Waals surface area contributed by atoms with Crippen LogP contribution in [0.4, 0.5) is 13.2 Å². The summed E-state index contributed by atoms with van der Waals surface area (Å²) in [5.74, 6) is -2.12. The molecule has 0 N–H and O–H groups in total. The minimum absolute atomic E-state index is 1.06. The second-order valence-corrected chi connectivity index (χ2v) is 9.92. The lowest BCUT2D eigenvalue weighted by Gasteiger charge is -2.22. The van der Waals surface area contributed by atoms with E-state index in [2.05, 4.69) is 21.4 Å². The fraction of sp³-hybridized carbons (Fsp3) is 1.00. The van der Waals surface area contributed by atoms with Crippen LogP contribution in [-0.4, -0.2) is 81.7 Å². The van der Waals surface area contributed by atoms with Crippen LogP contribution in [0.25, 0.3) is 0 Å². The minimum atomic E-state index is -4.80. The fourth-order valence-corrected chi connectivity index (χ4v) is 5.11. The molecule has 3 saturated heterocycles. The van der Waals surface area contributed by atoms with E-state index in [1.807, 2.05) is 0 Å². The van der Waals surface area contributed by atoms with Crippen LogP contribution in [-0.2, 0) is 61.3 Å². The third-order valence-electron chi connectivity index (χ3n) is 3.25. The van der Waals surface area contributed by atoms with Crippen LogP contribution in [0.2, 0.25) is 0 Å². The van der Waals surface area contributed by atoms with Crippen LogP contribution in [0.3, 0.4) is 0 Å². The Morgan fingerprint density at radius 1 is 0.679 bits per heavy atom. The standard InChI is InChI=1S/C8H10BF3O13S3/c10-5-3(1-26(13,14)22-5)19-9(20-4-2-27(15,16)23-6(4)11)21-8-7(12)24-28(17,18)25-8/h3-8H,1-2H2. The first-order chi connectivity index (χ1) is 12.8. The Kier molecular flexibility index (Phi) is 6.00. The molecule has 3 rings (SSSR count). The van der Waals surface area contributed by atoms with Crippen molar-refractivity contribution in [2.75, 3.05) is 11.5 Å². The lowest BCUT2D eigenvalue weighted by atomic mass is 10.2. The summed E-state index contributed by atoms with van der Waals surface area (Å²) in [4.78, 5) is 0. The summed E-state index contributed by atoms with van der Waals surface area (Å²) < 4.78 is 138. The van der Waals surface area contributed by atoms with Gasteiger partial charge in [-0.3, -0.25) is 0 Å². The SMILES string of the molecule is O=S1(=O)CC(OB(OC2CS(=O)(=O)OC2F)OC2OS(=O)(=O)OC2F)C(F)O1.